The molecule has 0 aliphatic heterocycles. The van der Waals surface area contributed by atoms with Crippen molar-refractivity contribution in [2.75, 3.05) is 13.7 Å². The van der Waals surface area contributed by atoms with Gasteiger partial charge in [0.05, 0.1) is 7.11 Å². The van der Waals surface area contributed by atoms with Crippen LogP contribution >= 0.6 is 0 Å². The van der Waals surface area contributed by atoms with Crippen LogP contribution in [-0.2, 0) is 6.42 Å². The van der Waals surface area contributed by atoms with Gasteiger partial charge in [-0.25, -0.2) is 4.79 Å². The van der Waals surface area contributed by atoms with Gasteiger partial charge < -0.3 is 15.4 Å². The quantitative estimate of drug-likeness (QED) is 0.685. The fourth-order valence-electron chi connectivity index (χ4n) is 2.60. The molecule has 1 saturated carbocycles. The minimum absolute atomic E-state index is 0.147. The molecule has 1 fully saturated rings. The average Bonchev–Trinajstić information content (AvgIpc) is 3.52. The van der Waals surface area contributed by atoms with Crippen LogP contribution in [-0.4, -0.2) is 37.5 Å². The zero-order chi connectivity index (χ0) is 19.9. The number of imide groups is 1. The Hall–Kier alpha value is -3.35. The van der Waals surface area contributed by atoms with Gasteiger partial charge in [-0.2, -0.15) is 0 Å². The minimum atomic E-state index is -0.561. The normalized spacial score (nSPS) is 12.8. The van der Waals surface area contributed by atoms with Crippen LogP contribution in [0.4, 0.5) is 4.79 Å². The van der Waals surface area contributed by atoms with E-state index in [1.54, 1.807) is 19.2 Å². The molecule has 7 nitrogen and oxygen atoms in total. The molecule has 7 heteroatoms. The number of rotatable bonds is 7. The van der Waals surface area contributed by atoms with Gasteiger partial charge in [0.25, 0.3) is 11.8 Å². The number of hydrogen-bond acceptors (Lipinski definition) is 4. The molecule has 146 valence electrons. The van der Waals surface area contributed by atoms with Crippen molar-refractivity contribution in [3.63, 3.8) is 0 Å². The van der Waals surface area contributed by atoms with Crippen molar-refractivity contribution < 1.29 is 19.1 Å². The number of carbonyl (C=O) groups excluding carboxylic acids is 3. The van der Waals surface area contributed by atoms with Gasteiger partial charge in [0, 0.05) is 23.7 Å². The SMILES string of the molecule is COc1ccc(CCNC(=O)NC(=O)c2ccc(C(=O)NC3CC3)cc2)cc1. The predicted octanol–water partition coefficient (Wildman–Crippen LogP) is 2.27. The van der Waals surface area contributed by atoms with Gasteiger partial charge in [-0.15, -0.1) is 0 Å². The van der Waals surface area contributed by atoms with E-state index in [-0.39, 0.29) is 11.9 Å². The zero-order valence-corrected chi connectivity index (χ0v) is 15.7. The highest BCUT2D eigenvalue weighted by atomic mass is 16.5. The fraction of sp³-hybridized carbons (Fsp3) is 0.286. The molecule has 0 bridgehead atoms. The predicted molar refractivity (Wildman–Crippen MR) is 104 cm³/mol. The second-order valence-electron chi connectivity index (χ2n) is 6.63. The third kappa shape index (κ3) is 5.57. The molecule has 3 N–H and O–H groups in total. The molecule has 0 radical (unpaired) electrons. The van der Waals surface area contributed by atoms with Crippen LogP contribution in [0, 0.1) is 0 Å². The van der Waals surface area contributed by atoms with Gasteiger partial charge in [-0.3, -0.25) is 14.9 Å². The molecular formula is C21H23N3O4. The van der Waals surface area contributed by atoms with E-state index < -0.39 is 11.9 Å². The molecular weight excluding hydrogens is 358 g/mol. The Balaban J connectivity index is 1.42. The molecule has 1 aliphatic rings. The van der Waals surface area contributed by atoms with Crippen LogP contribution < -0.4 is 20.7 Å². The van der Waals surface area contributed by atoms with Gasteiger partial charge in [-0.05, 0) is 61.2 Å². The first kappa shape index (κ1) is 19.4. The van der Waals surface area contributed by atoms with Gasteiger partial charge >= 0.3 is 6.03 Å². The van der Waals surface area contributed by atoms with Crippen molar-refractivity contribution in [2.45, 2.75) is 25.3 Å². The lowest BCUT2D eigenvalue weighted by molar-refractivity contribution is 0.0943. The summed E-state index contributed by atoms with van der Waals surface area (Å²) in [4.78, 5) is 36.0. The zero-order valence-electron chi connectivity index (χ0n) is 15.7. The van der Waals surface area contributed by atoms with E-state index in [1.165, 1.54) is 12.1 Å². The lowest BCUT2D eigenvalue weighted by Crippen LogP contribution is -2.40. The summed E-state index contributed by atoms with van der Waals surface area (Å²) in [6.07, 6.45) is 2.66. The highest BCUT2D eigenvalue weighted by Crippen LogP contribution is 2.19. The Morgan fingerprint density at radius 1 is 0.929 bits per heavy atom. The topological polar surface area (TPSA) is 96.5 Å². The number of carbonyl (C=O) groups is 3. The molecule has 0 heterocycles. The van der Waals surface area contributed by atoms with E-state index in [0.29, 0.717) is 24.1 Å². The second-order valence-corrected chi connectivity index (χ2v) is 6.63. The second kappa shape index (κ2) is 9.03. The molecule has 0 spiro atoms. The van der Waals surface area contributed by atoms with Gasteiger partial charge in [-0.1, -0.05) is 12.1 Å². The molecule has 2 aromatic carbocycles. The van der Waals surface area contributed by atoms with Crippen LogP contribution in [0.1, 0.15) is 39.1 Å². The number of nitrogens with one attached hydrogen (secondary N) is 3. The highest BCUT2D eigenvalue weighted by Gasteiger charge is 2.23. The van der Waals surface area contributed by atoms with E-state index in [1.807, 2.05) is 24.3 Å². The van der Waals surface area contributed by atoms with E-state index in [2.05, 4.69) is 16.0 Å². The summed E-state index contributed by atoms with van der Waals surface area (Å²) < 4.78 is 5.10. The maximum absolute atomic E-state index is 12.1. The Bertz CT molecular complexity index is 843. The summed E-state index contributed by atoms with van der Waals surface area (Å²) in [5.41, 5.74) is 1.85. The number of ether oxygens (including phenoxy) is 1. The summed E-state index contributed by atoms with van der Waals surface area (Å²) in [7, 11) is 1.61. The van der Waals surface area contributed by atoms with E-state index >= 15 is 0 Å². The number of methoxy groups -OCH3 is 1. The smallest absolute Gasteiger partial charge is 0.321 e. The average molecular weight is 381 g/mol. The van der Waals surface area contributed by atoms with E-state index in [9.17, 15) is 14.4 Å². The van der Waals surface area contributed by atoms with Crippen molar-refractivity contribution in [1.82, 2.24) is 16.0 Å². The molecule has 28 heavy (non-hydrogen) atoms. The maximum Gasteiger partial charge on any atom is 0.321 e. The first-order valence-corrected chi connectivity index (χ1v) is 9.18. The Morgan fingerprint density at radius 2 is 1.54 bits per heavy atom. The maximum atomic E-state index is 12.1. The van der Waals surface area contributed by atoms with E-state index in [0.717, 1.165) is 24.2 Å². The molecule has 0 unspecified atom stereocenters. The molecule has 0 atom stereocenters. The molecule has 3 rings (SSSR count). The number of urea groups is 1. The third-order valence-electron chi connectivity index (χ3n) is 4.41. The number of hydrogen-bond donors (Lipinski definition) is 3. The van der Waals surface area contributed by atoms with Gasteiger partial charge in [0.15, 0.2) is 0 Å². The summed E-state index contributed by atoms with van der Waals surface area (Å²) >= 11 is 0. The van der Waals surface area contributed by atoms with Crippen molar-refractivity contribution in [3.05, 3.63) is 65.2 Å². The molecule has 4 amide bonds. The summed E-state index contributed by atoms with van der Waals surface area (Å²) in [5.74, 6) is 0.109. The largest absolute Gasteiger partial charge is 0.497 e. The fourth-order valence-corrected chi connectivity index (χ4v) is 2.60. The highest BCUT2D eigenvalue weighted by molar-refractivity contribution is 6.04. The van der Waals surface area contributed by atoms with Gasteiger partial charge in [0.2, 0.25) is 0 Å². The van der Waals surface area contributed by atoms with Crippen LogP contribution in [0.15, 0.2) is 48.5 Å². The van der Waals surface area contributed by atoms with Crippen LogP contribution in [0.2, 0.25) is 0 Å². The standard InChI is InChI=1S/C21H23N3O4/c1-28-18-10-2-14(3-11-18)12-13-22-21(27)24-20(26)16-6-4-15(5-7-16)19(25)23-17-8-9-17/h2-7,10-11,17H,8-9,12-13H2,1H3,(H,23,25)(H2,22,24,26,27). The minimum Gasteiger partial charge on any atom is -0.497 e. The Labute approximate surface area is 163 Å². The first-order chi connectivity index (χ1) is 13.5. The number of benzene rings is 2. The molecule has 2 aromatic rings. The molecule has 1 aliphatic carbocycles. The van der Waals surface area contributed by atoms with Crippen molar-refractivity contribution in [2.24, 2.45) is 0 Å². The summed E-state index contributed by atoms with van der Waals surface area (Å²) in [5, 5.41) is 7.82. The Morgan fingerprint density at radius 3 is 2.11 bits per heavy atom. The monoisotopic (exact) mass is 381 g/mol. The summed E-state index contributed by atoms with van der Waals surface area (Å²) in [6, 6.07) is 13.5. The van der Waals surface area contributed by atoms with Crippen LogP contribution in [0.25, 0.3) is 0 Å². The van der Waals surface area contributed by atoms with E-state index in [4.69, 9.17) is 4.74 Å². The lowest BCUT2D eigenvalue weighted by atomic mass is 10.1. The first-order valence-electron chi connectivity index (χ1n) is 9.18. The Kier molecular flexibility index (Phi) is 6.26. The van der Waals surface area contributed by atoms with Crippen molar-refractivity contribution in [1.29, 1.82) is 0 Å². The lowest BCUT2D eigenvalue weighted by Gasteiger charge is -2.08. The molecule has 0 saturated heterocycles. The van der Waals surface area contributed by atoms with Crippen LogP contribution in [0.5, 0.6) is 5.75 Å². The van der Waals surface area contributed by atoms with Gasteiger partial charge in [0.1, 0.15) is 5.75 Å². The number of amides is 4. The van der Waals surface area contributed by atoms with Crippen LogP contribution in [0.3, 0.4) is 0 Å². The third-order valence-corrected chi connectivity index (χ3v) is 4.41. The molecule has 0 aromatic heterocycles. The van der Waals surface area contributed by atoms with Crippen molar-refractivity contribution in [3.8, 4) is 5.75 Å². The summed E-state index contributed by atoms with van der Waals surface area (Å²) in [6.45, 7) is 0.395. The van der Waals surface area contributed by atoms with Crippen molar-refractivity contribution >= 4 is 17.8 Å².